The third kappa shape index (κ3) is 9.70. The number of rotatable bonds is 14. The monoisotopic (exact) mass is 581 g/mol. The van der Waals surface area contributed by atoms with E-state index in [4.69, 9.17) is 0 Å². The minimum atomic E-state index is -3.79. The molecule has 0 aliphatic carbocycles. The minimum absolute atomic E-state index is 0.0188. The second kappa shape index (κ2) is 14.8. The molecule has 2 amide bonds. The molecule has 0 radical (unpaired) electrons. The van der Waals surface area contributed by atoms with Gasteiger partial charge in [0.25, 0.3) is 0 Å². The lowest BCUT2D eigenvalue weighted by molar-refractivity contribution is -0.141. The van der Waals surface area contributed by atoms with Crippen molar-refractivity contribution in [3.63, 3.8) is 0 Å². The molecule has 1 N–H and O–H groups in total. The van der Waals surface area contributed by atoms with Gasteiger partial charge in [0.1, 0.15) is 11.9 Å². The molecular formula is C32H40FN3O4S. The number of hydrogen-bond acceptors (Lipinski definition) is 4. The molecule has 0 saturated carbocycles. The fourth-order valence-electron chi connectivity index (χ4n) is 4.50. The van der Waals surface area contributed by atoms with Crippen molar-refractivity contribution in [2.24, 2.45) is 5.92 Å². The van der Waals surface area contributed by atoms with Crippen LogP contribution >= 0.6 is 0 Å². The zero-order chi connectivity index (χ0) is 30.0. The number of anilines is 1. The van der Waals surface area contributed by atoms with Crippen LogP contribution in [-0.4, -0.2) is 50.5 Å². The summed E-state index contributed by atoms with van der Waals surface area (Å²) in [5.41, 5.74) is 2.81. The topological polar surface area (TPSA) is 86.8 Å². The van der Waals surface area contributed by atoms with Crippen molar-refractivity contribution >= 4 is 27.5 Å². The van der Waals surface area contributed by atoms with Crippen molar-refractivity contribution in [1.29, 1.82) is 0 Å². The number of sulfonamides is 1. The Bertz CT molecular complexity index is 1400. The van der Waals surface area contributed by atoms with Gasteiger partial charge in [-0.15, -0.1) is 0 Å². The first-order valence-corrected chi connectivity index (χ1v) is 15.7. The summed E-state index contributed by atoms with van der Waals surface area (Å²) < 4.78 is 40.4. The van der Waals surface area contributed by atoms with Gasteiger partial charge in [0.2, 0.25) is 21.8 Å². The first kappa shape index (κ1) is 31.8. The zero-order valence-corrected chi connectivity index (χ0v) is 25.0. The summed E-state index contributed by atoms with van der Waals surface area (Å²) in [5.74, 6) is -0.951. The lowest BCUT2D eigenvalue weighted by atomic mass is 10.0. The molecule has 0 aliphatic heterocycles. The maximum Gasteiger partial charge on any atom is 0.243 e. The molecule has 41 heavy (non-hydrogen) atoms. The van der Waals surface area contributed by atoms with E-state index in [0.717, 1.165) is 27.3 Å². The van der Waals surface area contributed by atoms with E-state index >= 15 is 0 Å². The Labute approximate surface area is 243 Å². The van der Waals surface area contributed by atoms with Crippen molar-refractivity contribution in [3.8, 4) is 0 Å². The number of nitrogens with zero attached hydrogens (tertiary/aromatic N) is 2. The highest BCUT2D eigenvalue weighted by Crippen LogP contribution is 2.23. The number of halogens is 1. The van der Waals surface area contributed by atoms with Gasteiger partial charge in [0.15, 0.2) is 0 Å². The van der Waals surface area contributed by atoms with Gasteiger partial charge in [-0.3, -0.25) is 13.9 Å². The van der Waals surface area contributed by atoms with Crippen LogP contribution in [0.1, 0.15) is 43.4 Å². The molecule has 0 saturated heterocycles. The molecule has 3 aromatic rings. The first-order chi connectivity index (χ1) is 19.5. The van der Waals surface area contributed by atoms with E-state index < -0.39 is 21.9 Å². The Balaban J connectivity index is 1.88. The first-order valence-electron chi connectivity index (χ1n) is 13.8. The number of nitrogens with one attached hydrogen (secondary N) is 1. The number of para-hydroxylation sites is 1. The van der Waals surface area contributed by atoms with Crippen LogP contribution in [0.25, 0.3) is 0 Å². The van der Waals surface area contributed by atoms with Crippen LogP contribution in [0.5, 0.6) is 0 Å². The van der Waals surface area contributed by atoms with Gasteiger partial charge in [-0.1, -0.05) is 86.1 Å². The summed E-state index contributed by atoms with van der Waals surface area (Å²) in [6.45, 7) is 6.60. The van der Waals surface area contributed by atoms with Gasteiger partial charge in [-0.25, -0.2) is 12.8 Å². The smallest absolute Gasteiger partial charge is 0.243 e. The molecule has 0 bridgehead atoms. The highest BCUT2D eigenvalue weighted by molar-refractivity contribution is 7.92. The largest absolute Gasteiger partial charge is 0.354 e. The van der Waals surface area contributed by atoms with E-state index in [2.05, 4.69) is 5.32 Å². The van der Waals surface area contributed by atoms with Crippen molar-refractivity contribution in [2.75, 3.05) is 23.7 Å². The summed E-state index contributed by atoms with van der Waals surface area (Å²) in [6, 6.07) is 22.2. The Morgan fingerprint density at radius 2 is 1.54 bits per heavy atom. The molecule has 3 aromatic carbocycles. The van der Waals surface area contributed by atoms with Gasteiger partial charge in [0, 0.05) is 32.5 Å². The number of carbonyl (C=O) groups excluding carboxylic acids is 2. The molecule has 1 atom stereocenters. The van der Waals surface area contributed by atoms with Crippen LogP contribution < -0.4 is 9.62 Å². The number of benzene rings is 3. The van der Waals surface area contributed by atoms with E-state index in [1.165, 1.54) is 18.2 Å². The molecule has 0 aliphatic rings. The third-order valence-electron chi connectivity index (χ3n) is 6.70. The Hall–Kier alpha value is -3.72. The van der Waals surface area contributed by atoms with E-state index in [1.807, 2.05) is 75.4 Å². The maximum atomic E-state index is 14.5. The van der Waals surface area contributed by atoms with Crippen LogP contribution in [-0.2, 0) is 32.6 Å². The third-order valence-corrected chi connectivity index (χ3v) is 7.88. The van der Waals surface area contributed by atoms with Crippen LogP contribution in [0.3, 0.4) is 0 Å². The molecule has 0 fully saturated rings. The normalized spacial score (nSPS) is 12.1. The summed E-state index contributed by atoms with van der Waals surface area (Å²) >= 11 is 0. The van der Waals surface area contributed by atoms with Crippen LogP contribution in [0.2, 0.25) is 0 Å². The molecule has 3 rings (SSSR count). The van der Waals surface area contributed by atoms with Gasteiger partial charge < -0.3 is 10.2 Å². The summed E-state index contributed by atoms with van der Waals surface area (Å²) in [5, 5.41) is 2.99. The molecule has 0 aromatic heterocycles. The lowest BCUT2D eigenvalue weighted by Gasteiger charge is -2.32. The second-order valence-electron chi connectivity index (χ2n) is 10.7. The number of aryl methyl sites for hydroxylation is 1. The van der Waals surface area contributed by atoms with Crippen molar-refractivity contribution < 1.29 is 22.4 Å². The van der Waals surface area contributed by atoms with Gasteiger partial charge in [0.05, 0.1) is 11.9 Å². The summed E-state index contributed by atoms with van der Waals surface area (Å²) in [6.07, 6.45) is 1.47. The van der Waals surface area contributed by atoms with Gasteiger partial charge in [-0.05, 0) is 42.5 Å². The number of hydrogen-bond donors (Lipinski definition) is 1. The molecule has 7 nitrogen and oxygen atoms in total. The summed E-state index contributed by atoms with van der Waals surface area (Å²) in [7, 11) is -3.79. The quantitative estimate of drug-likeness (QED) is 0.287. The van der Waals surface area contributed by atoms with E-state index in [0.29, 0.717) is 13.0 Å². The average Bonchev–Trinajstić information content (AvgIpc) is 2.93. The lowest BCUT2D eigenvalue weighted by Crippen LogP contribution is -2.51. The van der Waals surface area contributed by atoms with Crippen molar-refractivity contribution in [3.05, 3.63) is 101 Å². The predicted octanol–water partition coefficient (Wildman–Crippen LogP) is 5.09. The fourth-order valence-corrected chi connectivity index (χ4v) is 5.47. The Morgan fingerprint density at radius 3 is 2.15 bits per heavy atom. The molecular weight excluding hydrogens is 541 g/mol. The molecule has 220 valence electrons. The Morgan fingerprint density at radius 1 is 0.902 bits per heavy atom. The predicted molar refractivity (Wildman–Crippen MR) is 161 cm³/mol. The highest BCUT2D eigenvalue weighted by Gasteiger charge is 2.30. The standard InChI is InChI=1S/C32H40FN3O4S/c1-24(2)22-34-32(38)30(21-26-11-6-5-7-12-26)35(23-27-18-16-25(3)17-19-27)31(37)15-10-20-36(41(4,39)40)29-14-9-8-13-28(29)33/h5-9,11-14,16-19,24,30H,10,15,20-23H2,1-4H3,(H,34,38). The highest BCUT2D eigenvalue weighted by atomic mass is 32.2. The van der Waals surface area contributed by atoms with Crippen molar-refractivity contribution in [1.82, 2.24) is 10.2 Å². The van der Waals surface area contributed by atoms with Gasteiger partial charge >= 0.3 is 0 Å². The van der Waals surface area contributed by atoms with E-state index in [1.54, 1.807) is 11.0 Å². The zero-order valence-electron chi connectivity index (χ0n) is 24.2. The van der Waals surface area contributed by atoms with Gasteiger partial charge in [-0.2, -0.15) is 0 Å². The van der Waals surface area contributed by atoms with Crippen LogP contribution in [0.4, 0.5) is 10.1 Å². The molecule has 0 spiro atoms. The summed E-state index contributed by atoms with van der Waals surface area (Å²) in [4.78, 5) is 29.0. The number of carbonyl (C=O) groups is 2. The SMILES string of the molecule is Cc1ccc(CN(C(=O)CCCN(c2ccccc2F)S(C)(=O)=O)C(Cc2ccccc2)C(=O)NCC(C)C)cc1. The van der Waals surface area contributed by atoms with Crippen molar-refractivity contribution in [2.45, 2.75) is 52.6 Å². The molecule has 9 heteroatoms. The van der Waals surface area contributed by atoms with E-state index in [9.17, 15) is 22.4 Å². The van der Waals surface area contributed by atoms with Crippen LogP contribution in [0.15, 0.2) is 78.9 Å². The second-order valence-corrected chi connectivity index (χ2v) is 12.6. The minimum Gasteiger partial charge on any atom is -0.354 e. The fraction of sp³-hybridized carbons (Fsp3) is 0.375. The maximum absolute atomic E-state index is 14.5. The average molecular weight is 582 g/mol. The molecule has 0 heterocycles. The van der Waals surface area contributed by atoms with Crippen LogP contribution in [0, 0.1) is 18.7 Å². The molecule has 1 unspecified atom stereocenters. The van der Waals surface area contributed by atoms with E-state index in [-0.39, 0.29) is 49.4 Å². The number of amides is 2. The Kier molecular flexibility index (Phi) is 11.5.